The Kier molecular flexibility index (Phi) is 7.33. The van der Waals surface area contributed by atoms with Crippen LogP contribution >= 0.6 is 34.2 Å². The fourth-order valence-corrected chi connectivity index (χ4v) is 6.21. The third kappa shape index (κ3) is 5.53. The zero-order valence-corrected chi connectivity index (χ0v) is 22.1. The minimum atomic E-state index is -3.58. The molecule has 0 spiro atoms. The lowest BCUT2D eigenvalue weighted by Gasteiger charge is -2.48. The van der Waals surface area contributed by atoms with Gasteiger partial charge >= 0.3 is 0 Å². The van der Waals surface area contributed by atoms with Gasteiger partial charge in [0, 0.05) is 22.5 Å². The number of likely N-dealkylation sites (tertiary alicyclic amines) is 1. The molecule has 3 aromatic carbocycles. The molecule has 1 aliphatic heterocycles. The summed E-state index contributed by atoms with van der Waals surface area (Å²) in [6, 6.07) is 20.4. The number of hydrogen-bond donors (Lipinski definition) is 0. The highest BCUT2D eigenvalue weighted by molar-refractivity contribution is 14.1. The number of hydrogen-bond acceptors (Lipinski definition) is 3. The SMILES string of the molecule is Cc1cc(F)cc(N(C2CN(C(c3ccc(Cl)cc3)c3ccc(CI)cc3)C2)S(C)(=O)=O)c1. The molecule has 1 aliphatic rings. The van der Waals surface area contributed by atoms with Crippen molar-refractivity contribution in [1.29, 1.82) is 0 Å². The van der Waals surface area contributed by atoms with E-state index in [0.717, 1.165) is 15.6 Å². The molecule has 3 aromatic rings. The first-order chi connectivity index (χ1) is 15.7. The highest BCUT2D eigenvalue weighted by Gasteiger charge is 2.40. The van der Waals surface area contributed by atoms with Gasteiger partial charge in [0.15, 0.2) is 0 Å². The van der Waals surface area contributed by atoms with Crippen LogP contribution < -0.4 is 4.31 Å². The average Bonchev–Trinajstić information content (AvgIpc) is 2.72. The Bertz CT molecular complexity index is 1210. The Morgan fingerprint density at radius 1 is 1.06 bits per heavy atom. The highest BCUT2D eigenvalue weighted by Crippen LogP contribution is 2.36. The number of sulfonamides is 1. The number of alkyl halides is 1. The smallest absolute Gasteiger partial charge is 0.232 e. The lowest BCUT2D eigenvalue weighted by atomic mass is 9.92. The van der Waals surface area contributed by atoms with E-state index in [-0.39, 0.29) is 12.1 Å². The van der Waals surface area contributed by atoms with Crippen LogP contribution in [-0.4, -0.2) is 38.7 Å². The van der Waals surface area contributed by atoms with E-state index >= 15 is 0 Å². The Morgan fingerprint density at radius 2 is 1.64 bits per heavy atom. The van der Waals surface area contributed by atoms with Crippen molar-refractivity contribution in [2.45, 2.75) is 23.4 Å². The normalized spacial score (nSPS) is 15.8. The summed E-state index contributed by atoms with van der Waals surface area (Å²) >= 11 is 8.46. The van der Waals surface area contributed by atoms with Gasteiger partial charge in [0.05, 0.1) is 24.0 Å². The average molecular weight is 599 g/mol. The van der Waals surface area contributed by atoms with E-state index in [1.54, 1.807) is 13.0 Å². The van der Waals surface area contributed by atoms with Gasteiger partial charge in [-0.05, 0) is 59.5 Å². The van der Waals surface area contributed by atoms with Crippen LogP contribution in [0, 0.1) is 12.7 Å². The molecular formula is C25H25ClFIN2O2S. The van der Waals surface area contributed by atoms with Crippen LogP contribution in [-0.2, 0) is 14.5 Å². The standard InChI is InChI=1S/C25H25ClFIN2O2S/c1-17-11-22(27)13-23(12-17)30(33(2,31)32)24-15-29(16-24)25(20-7-9-21(26)10-8-20)19-5-3-18(14-28)4-6-19/h3-13,24-25H,14-16H2,1-2H3. The largest absolute Gasteiger partial charge is 0.288 e. The topological polar surface area (TPSA) is 40.6 Å². The van der Waals surface area contributed by atoms with Crippen LogP contribution in [0.5, 0.6) is 0 Å². The molecule has 1 saturated heterocycles. The van der Waals surface area contributed by atoms with Crippen LogP contribution in [0.1, 0.15) is 28.3 Å². The Hall–Kier alpha value is -1.68. The number of anilines is 1. The van der Waals surface area contributed by atoms with Gasteiger partial charge in [0.25, 0.3) is 0 Å². The summed E-state index contributed by atoms with van der Waals surface area (Å²) in [5.41, 5.74) is 4.53. The van der Waals surface area contributed by atoms with Gasteiger partial charge in [0.2, 0.25) is 10.0 Å². The Morgan fingerprint density at radius 3 is 2.15 bits per heavy atom. The van der Waals surface area contributed by atoms with Crippen LogP contribution in [0.2, 0.25) is 5.02 Å². The van der Waals surface area contributed by atoms with Crippen molar-refractivity contribution in [3.05, 3.63) is 99.8 Å². The summed E-state index contributed by atoms with van der Waals surface area (Å²) in [7, 11) is -3.58. The monoisotopic (exact) mass is 598 g/mol. The fourth-order valence-electron chi connectivity index (χ4n) is 4.41. The molecular weight excluding hydrogens is 574 g/mol. The van der Waals surface area contributed by atoms with E-state index in [4.69, 9.17) is 11.6 Å². The number of aryl methyl sites for hydroxylation is 1. The summed E-state index contributed by atoms with van der Waals surface area (Å²) in [5, 5.41) is 0.670. The number of halogens is 3. The van der Waals surface area contributed by atoms with Crippen molar-refractivity contribution in [3.63, 3.8) is 0 Å². The molecule has 1 heterocycles. The van der Waals surface area contributed by atoms with Crippen molar-refractivity contribution < 1.29 is 12.8 Å². The van der Waals surface area contributed by atoms with E-state index in [2.05, 4.69) is 51.8 Å². The van der Waals surface area contributed by atoms with Crippen molar-refractivity contribution >= 4 is 49.9 Å². The third-order valence-electron chi connectivity index (χ3n) is 5.86. The maximum Gasteiger partial charge on any atom is 0.232 e. The van der Waals surface area contributed by atoms with Crippen LogP contribution in [0.25, 0.3) is 0 Å². The Labute approximate surface area is 213 Å². The molecule has 4 nitrogen and oxygen atoms in total. The summed E-state index contributed by atoms with van der Waals surface area (Å²) < 4.78 is 41.7. The maximum absolute atomic E-state index is 14.1. The zero-order valence-electron chi connectivity index (χ0n) is 18.4. The quantitative estimate of drug-likeness (QED) is 0.249. The van der Waals surface area contributed by atoms with Crippen LogP contribution in [0.4, 0.5) is 10.1 Å². The second kappa shape index (κ2) is 9.90. The van der Waals surface area contributed by atoms with Gasteiger partial charge in [-0.2, -0.15) is 0 Å². The van der Waals surface area contributed by atoms with Crippen molar-refractivity contribution in [3.8, 4) is 0 Å². The first-order valence-electron chi connectivity index (χ1n) is 10.6. The van der Waals surface area contributed by atoms with Gasteiger partial charge in [-0.25, -0.2) is 12.8 Å². The third-order valence-corrected chi connectivity index (χ3v) is 8.22. The first kappa shape index (κ1) is 24.4. The minimum Gasteiger partial charge on any atom is -0.288 e. The summed E-state index contributed by atoms with van der Waals surface area (Å²) in [6.07, 6.45) is 1.18. The molecule has 0 radical (unpaired) electrons. The molecule has 8 heteroatoms. The zero-order chi connectivity index (χ0) is 23.8. The summed E-state index contributed by atoms with van der Waals surface area (Å²) in [4.78, 5) is 2.25. The predicted octanol–water partition coefficient (Wildman–Crippen LogP) is 5.96. The van der Waals surface area contributed by atoms with E-state index in [0.29, 0.717) is 29.4 Å². The molecule has 4 rings (SSSR count). The molecule has 174 valence electrons. The highest BCUT2D eigenvalue weighted by atomic mass is 127. The number of nitrogens with zero attached hydrogens (tertiary/aromatic N) is 2. The molecule has 0 saturated carbocycles. The molecule has 0 aromatic heterocycles. The second-order valence-corrected chi connectivity index (χ2v) is 11.5. The lowest BCUT2D eigenvalue weighted by Crippen LogP contribution is -2.61. The van der Waals surface area contributed by atoms with E-state index in [9.17, 15) is 12.8 Å². The van der Waals surface area contributed by atoms with Gasteiger partial charge in [-0.1, -0.05) is 70.6 Å². The first-order valence-corrected chi connectivity index (χ1v) is 14.3. The Balaban J connectivity index is 1.64. The van der Waals surface area contributed by atoms with Gasteiger partial charge < -0.3 is 0 Å². The number of rotatable bonds is 7. The predicted molar refractivity (Wildman–Crippen MR) is 141 cm³/mol. The maximum atomic E-state index is 14.1. The van der Waals surface area contributed by atoms with Crippen molar-refractivity contribution in [1.82, 2.24) is 4.90 Å². The summed E-state index contributed by atoms with van der Waals surface area (Å²) in [6.45, 7) is 2.82. The van der Waals surface area contributed by atoms with Crippen LogP contribution in [0.3, 0.4) is 0 Å². The molecule has 1 fully saturated rings. The van der Waals surface area contributed by atoms with E-state index in [1.165, 1.54) is 28.3 Å². The molecule has 0 aliphatic carbocycles. The van der Waals surface area contributed by atoms with Gasteiger partial charge in [-0.15, -0.1) is 0 Å². The van der Waals surface area contributed by atoms with E-state index < -0.39 is 15.8 Å². The summed E-state index contributed by atoms with van der Waals surface area (Å²) in [5.74, 6) is -0.441. The van der Waals surface area contributed by atoms with Crippen LogP contribution in [0.15, 0.2) is 66.7 Å². The molecule has 1 unspecified atom stereocenters. The van der Waals surface area contributed by atoms with Crippen molar-refractivity contribution in [2.24, 2.45) is 0 Å². The molecule has 1 atom stereocenters. The molecule has 0 N–H and O–H groups in total. The van der Waals surface area contributed by atoms with Gasteiger partial charge in [-0.3, -0.25) is 9.21 Å². The second-order valence-electron chi connectivity index (χ2n) is 8.48. The lowest BCUT2D eigenvalue weighted by molar-refractivity contribution is 0.116. The minimum absolute atomic E-state index is 0.0302. The number of benzene rings is 3. The van der Waals surface area contributed by atoms with E-state index in [1.807, 2.05) is 24.3 Å². The molecule has 0 bridgehead atoms. The van der Waals surface area contributed by atoms with Gasteiger partial charge in [0.1, 0.15) is 5.82 Å². The fraction of sp³-hybridized carbons (Fsp3) is 0.280. The van der Waals surface area contributed by atoms with Crippen molar-refractivity contribution in [2.75, 3.05) is 23.7 Å². The molecule has 33 heavy (non-hydrogen) atoms. The molecule has 0 amide bonds.